The second kappa shape index (κ2) is 7.17. The Balaban J connectivity index is 1.69. The molecule has 0 heterocycles. The molecular weight excluding hydrogens is 254 g/mol. The van der Waals surface area contributed by atoms with E-state index in [-0.39, 0.29) is 17.4 Å². The molecule has 0 spiro atoms. The summed E-state index contributed by atoms with van der Waals surface area (Å²) in [6.45, 7) is 0.565. The molecule has 0 atom stereocenters. The van der Waals surface area contributed by atoms with E-state index in [1.54, 1.807) is 6.07 Å². The molecule has 0 aliphatic heterocycles. The first-order valence-electron chi connectivity index (χ1n) is 7.42. The number of aromatic hydroxyl groups is 2. The Kier molecular flexibility index (Phi) is 5.27. The molecule has 1 aliphatic carbocycles. The number of hydrogen-bond acceptors (Lipinski definition) is 3. The fourth-order valence-corrected chi connectivity index (χ4v) is 2.80. The zero-order chi connectivity index (χ0) is 14.4. The van der Waals surface area contributed by atoms with E-state index in [1.807, 2.05) is 0 Å². The van der Waals surface area contributed by atoms with Crippen LogP contribution >= 0.6 is 0 Å². The van der Waals surface area contributed by atoms with E-state index in [1.165, 1.54) is 44.2 Å². The maximum absolute atomic E-state index is 11.8. The van der Waals surface area contributed by atoms with Gasteiger partial charge in [-0.25, -0.2) is 0 Å². The number of hydrogen-bond donors (Lipinski definition) is 3. The van der Waals surface area contributed by atoms with Crippen LogP contribution in [0.5, 0.6) is 11.5 Å². The van der Waals surface area contributed by atoms with Gasteiger partial charge in [0.15, 0.2) is 11.5 Å². The third-order valence-electron chi connectivity index (χ3n) is 3.97. The van der Waals surface area contributed by atoms with Crippen molar-refractivity contribution in [1.29, 1.82) is 0 Å². The Morgan fingerprint density at radius 3 is 2.60 bits per heavy atom. The summed E-state index contributed by atoms with van der Waals surface area (Å²) in [7, 11) is 0. The molecule has 0 saturated heterocycles. The van der Waals surface area contributed by atoms with Crippen molar-refractivity contribution in [3.63, 3.8) is 0 Å². The maximum Gasteiger partial charge on any atom is 0.220 e. The first kappa shape index (κ1) is 14.7. The highest BCUT2D eigenvalue weighted by atomic mass is 16.3. The molecule has 0 unspecified atom stereocenters. The molecule has 2 rings (SSSR count). The topological polar surface area (TPSA) is 69.6 Å². The molecule has 20 heavy (non-hydrogen) atoms. The van der Waals surface area contributed by atoms with Crippen molar-refractivity contribution < 1.29 is 15.0 Å². The highest BCUT2D eigenvalue weighted by Crippen LogP contribution is 2.26. The lowest BCUT2D eigenvalue weighted by Gasteiger charge is -2.20. The first-order valence-corrected chi connectivity index (χ1v) is 7.42. The van der Waals surface area contributed by atoms with Gasteiger partial charge < -0.3 is 15.5 Å². The minimum absolute atomic E-state index is 0.115. The summed E-state index contributed by atoms with van der Waals surface area (Å²) in [6.07, 6.45) is 7.47. The molecule has 1 amide bonds. The molecule has 1 aromatic carbocycles. The number of rotatable bonds is 5. The van der Waals surface area contributed by atoms with Crippen LogP contribution < -0.4 is 5.32 Å². The fourth-order valence-electron chi connectivity index (χ4n) is 2.80. The minimum atomic E-state index is -0.116. The van der Waals surface area contributed by atoms with Crippen LogP contribution in [-0.2, 0) is 11.2 Å². The summed E-state index contributed by atoms with van der Waals surface area (Å²) in [4.78, 5) is 11.8. The average Bonchev–Trinajstić information content (AvgIpc) is 2.44. The van der Waals surface area contributed by atoms with Gasteiger partial charge in [0.1, 0.15) is 0 Å². The lowest BCUT2D eigenvalue weighted by molar-refractivity contribution is -0.122. The zero-order valence-electron chi connectivity index (χ0n) is 11.8. The van der Waals surface area contributed by atoms with E-state index in [9.17, 15) is 15.0 Å². The van der Waals surface area contributed by atoms with Crippen LogP contribution in [-0.4, -0.2) is 22.7 Å². The number of carbonyl (C=O) groups excluding carboxylic acids is 1. The van der Waals surface area contributed by atoms with Gasteiger partial charge in [0.2, 0.25) is 5.91 Å². The van der Waals surface area contributed by atoms with Gasteiger partial charge in [0.05, 0.1) is 0 Å². The van der Waals surface area contributed by atoms with Crippen molar-refractivity contribution in [2.75, 3.05) is 6.54 Å². The molecule has 1 saturated carbocycles. The van der Waals surface area contributed by atoms with Gasteiger partial charge in [-0.1, -0.05) is 25.3 Å². The van der Waals surface area contributed by atoms with Crippen LogP contribution in [0, 0.1) is 5.92 Å². The number of benzene rings is 1. The Morgan fingerprint density at radius 2 is 1.90 bits per heavy atom. The van der Waals surface area contributed by atoms with E-state index >= 15 is 0 Å². The normalized spacial score (nSPS) is 16.0. The van der Waals surface area contributed by atoms with Gasteiger partial charge in [-0.15, -0.1) is 0 Å². The second-order valence-corrected chi connectivity index (χ2v) is 5.63. The average molecular weight is 277 g/mol. The monoisotopic (exact) mass is 277 g/mol. The molecule has 0 aromatic heterocycles. The van der Waals surface area contributed by atoms with E-state index in [0.717, 1.165) is 5.56 Å². The molecule has 4 heteroatoms. The number of phenolic OH excluding ortho intramolecular Hbond substituents is 2. The molecule has 0 bridgehead atoms. The molecule has 3 N–H and O–H groups in total. The summed E-state index contributed by atoms with van der Waals surface area (Å²) in [6, 6.07) is 4.75. The third-order valence-corrected chi connectivity index (χ3v) is 3.97. The van der Waals surface area contributed by atoms with Gasteiger partial charge >= 0.3 is 0 Å². The van der Waals surface area contributed by atoms with Crippen LogP contribution in [0.2, 0.25) is 0 Å². The van der Waals surface area contributed by atoms with E-state index < -0.39 is 0 Å². The Bertz CT molecular complexity index is 453. The summed E-state index contributed by atoms with van der Waals surface area (Å²) in [5.41, 5.74) is 0.901. The number of phenols is 2. The molecule has 1 fully saturated rings. The fraction of sp³-hybridized carbons (Fsp3) is 0.562. The second-order valence-electron chi connectivity index (χ2n) is 5.63. The quantitative estimate of drug-likeness (QED) is 0.725. The van der Waals surface area contributed by atoms with Crippen molar-refractivity contribution in [1.82, 2.24) is 5.32 Å². The van der Waals surface area contributed by atoms with Gasteiger partial charge in [0.25, 0.3) is 0 Å². The summed E-state index contributed by atoms with van der Waals surface area (Å²) in [5.74, 6) is 0.451. The van der Waals surface area contributed by atoms with E-state index in [4.69, 9.17) is 0 Å². The molecular formula is C16H23NO3. The highest BCUT2D eigenvalue weighted by Gasteiger charge is 2.16. The molecule has 1 aromatic rings. The first-order chi connectivity index (χ1) is 9.65. The van der Waals surface area contributed by atoms with Crippen molar-refractivity contribution >= 4 is 5.91 Å². The SMILES string of the molecule is O=C(CC1CCCCC1)NCCc1ccc(O)c(O)c1. The summed E-state index contributed by atoms with van der Waals surface area (Å²) < 4.78 is 0. The largest absolute Gasteiger partial charge is 0.504 e. The van der Waals surface area contributed by atoms with E-state index in [2.05, 4.69) is 5.32 Å². The third kappa shape index (κ3) is 4.44. The molecule has 4 nitrogen and oxygen atoms in total. The van der Waals surface area contributed by atoms with Gasteiger partial charge in [0, 0.05) is 13.0 Å². The number of nitrogens with one attached hydrogen (secondary N) is 1. The Labute approximate surface area is 119 Å². The van der Waals surface area contributed by atoms with Crippen molar-refractivity contribution in [2.45, 2.75) is 44.9 Å². The number of amides is 1. The van der Waals surface area contributed by atoms with E-state index in [0.29, 0.717) is 25.3 Å². The number of carbonyl (C=O) groups is 1. The zero-order valence-corrected chi connectivity index (χ0v) is 11.8. The molecule has 110 valence electrons. The minimum Gasteiger partial charge on any atom is -0.504 e. The lowest BCUT2D eigenvalue weighted by Crippen LogP contribution is -2.28. The van der Waals surface area contributed by atoms with Gasteiger partial charge in [-0.05, 0) is 42.9 Å². The molecule has 0 radical (unpaired) electrons. The lowest BCUT2D eigenvalue weighted by atomic mass is 9.87. The smallest absolute Gasteiger partial charge is 0.220 e. The maximum atomic E-state index is 11.8. The predicted octanol–water partition coefficient (Wildman–Crippen LogP) is 2.73. The van der Waals surface area contributed by atoms with Crippen molar-refractivity contribution in [3.05, 3.63) is 23.8 Å². The van der Waals surface area contributed by atoms with Crippen molar-refractivity contribution in [2.24, 2.45) is 5.92 Å². The Morgan fingerprint density at radius 1 is 1.15 bits per heavy atom. The van der Waals surface area contributed by atoms with Crippen LogP contribution in [0.3, 0.4) is 0 Å². The summed E-state index contributed by atoms with van der Waals surface area (Å²) >= 11 is 0. The highest BCUT2D eigenvalue weighted by molar-refractivity contribution is 5.76. The Hall–Kier alpha value is -1.71. The molecule has 1 aliphatic rings. The summed E-state index contributed by atoms with van der Waals surface area (Å²) in [5, 5.41) is 21.5. The van der Waals surface area contributed by atoms with Gasteiger partial charge in [-0.2, -0.15) is 0 Å². The standard InChI is InChI=1S/C16H23NO3/c18-14-7-6-13(10-15(14)19)8-9-17-16(20)11-12-4-2-1-3-5-12/h6-7,10,12,18-19H,1-5,8-9,11H2,(H,17,20). The van der Waals surface area contributed by atoms with Crippen LogP contribution in [0.4, 0.5) is 0 Å². The van der Waals surface area contributed by atoms with Gasteiger partial charge in [-0.3, -0.25) is 4.79 Å². The van der Waals surface area contributed by atoms with Crippen LogP contribution in [0.1, 0.15) is 44.1 Å². The van der Waals surface area contributed by atoms with Crippen LogP contribution in [0.15, 0.2) is 18.2 Å². The van der Waals surface area contributed by atoms with Crippen LogP contribution in [0.25, 0.3) is 0 Å². The predicted molar refractivity (Wildman–Crippen MR) is 77.7 cm³/mol. The van der Waals surface area contributed by atoms with Crippen molar-refractivity contribution in [3.8, 4) is 11.5 Å².